The highest BCUT2D eigenvalue weighted by molar-refractivity contribution is 6.33. The molecule has 0 saturated carbocycles. The van der Waals surface area contributed by atoms with E-state index in [0.29, 0.717) is 23.0 Å². The van der Waals surface area contributed by atoms with Gasteiger partial charge in [0, 0.05) is 11.2 Å². The SMILES string of the molecule is CC(C)(Oc1ccc(Cl)cc1)C(=O)OCC(=O)Nc1ncc(C(F)(F)F)cc1Cl. The summed E-state index contributed by atoms with van der Waals surface area (Å²) in [6.07, 6.45) is -4.10. The molecule has 0 radical (unpaired) electrons. The Morgan fingerprint density at radius 2 is 1.76 bits per heavy atom. The van der Waals surface area contributed by atoms with Crippen molar-refractivity contribution in [2.45, 2.75) is 25.6 Å². The van der Waals surface area contributed by atoms with Crippen molar-refractivity contribution in [1.29, 1.82) is 0 Å². The zero-order chi connectivity index (χ0) is 21.8. The number of alkyl halides is 3. The van der Waals surface area contributed by atoms with Crippen molar-refractivity contribution >= 4 is 40.9 Å². The van der Waals surface area contributed by atoms with E-state index in [1.165, 1.54) is 13.8 Å². The van der Waals surface area contributed by atoms with Crippen LogP contribution in [0.3, 0.4) is 0 Å². The van der Waals surface area contributed by atoms with Crippen LogP contribution >= 0.6 is 23.2 Å². The van der Waals surface area contributed by atoms with E-state index >= 15 is 0 Å². The maximum Gasteiger partial charge on any atom is 0.417 e. The Balaban J connectivity index is 1.92. The molecule has 1 N–H and O–H groups in total. The fraction of sp³-hybridized carbons (Fsp3) is 0.278. The molecule has 2 rings (SSSR count). The maximum absolute atomic E-state index is 12.6. The van der Waals surface area contributed by atoms with E-state index in [1.807, 2.05) is 0 Å². The molecule has 1 aromatic carbocycles. The first-order valence-corrected chi connectivity index (χ1v) is 8.78. The number of anilines is 1. The van der Waals surface area contributed by atoms with Crippen LogP contribution in [0.5, 0.6) is 5.75 Å². The van der Waals surface area contributed by atoms with Crippen LogP contribution in [0.2, 0.25) is 10.0 Å². The number of carbonyl (C=O) groups excluding carboxylic acids is 2. The molecule has 0 atom stereocenters. The van der Waals surface area contributed by atoms with Crippen LogP contribution in [0, 0.1) is 0 Å². The zero-order valence-electron chi connectivity index (χ0n) is 15.1. The van der Waals surface area contributed by atoms with E-state index < -0.39 is 40.8 Å². The summed E-state index contributed by atoms with van der Waals surface area (Å²) in [5, 5.41) is 2.25. The molecule has 1 heterocycles. The molecule has 0 saturated heterocycles. The van der Waals surface area contributed by atoms with Crippen LogP contribution in [-0.2, 0) is 20.5 Å². The standard InChI is InChI=1S/C18H15Cl2F3N2O4/c1-17(2,29-12-5-3-11(19)4-6-12)16(27)28-9-14(26)25-15-13(20)7-10(8-24-15)18(21,22)23/h3-8H,9H2,1-2H3,(H,24,25,26). The number of rotatable bonds is 6. The lowest BCUT2D eigenvalue weighted by Crippen LogP contribution is -2.41. The minimum Gasteiger partial charge on any atom is -0.476 e. The molecule has 156 valence electrons. The zero-order valence-corrected chi connectivity index (χ0v) is 16.7. The third-order valence-electron chi connectivity index (χ3n) is 3.44. The fourth-order valence-corrected chi connectivity index (χ4v) is 2.34. The van der Waals surface area contributed by atoms with Gasteiger partial charge >= 0.3 is 12.1 Å². The van der Waals surface area contributed by atoms with E-state index in [0.717, 1.165) is 0 Å². The van der Waals surface area contributed by atoms with Crippen LogP contribution < -0.4 is 10.1 Å². The monoisotopic (exact) mass is 450 g/mol. The molecule has 0 bridgehead atoms. The largest absolute Gasteiger partial charge is 0.476 e. The smallest absolute Gasteiger partial charge is 0.417 e. The molecule has 0 unspecified atom stereocenters. The second kappa shape index (κ2) is 8.87. The number of nitrogens with zero attached hydrogens (tertiary/aromatic N) is 1. The predicted molar refractivity (Wildman–Crippen MR) is 100.0 cm³/mol. The first-order chi connectivity index (χ1) is 13.4. The van der Waals surface area contributed by atoms with Gasteiger partial charge in [-0.05, 0) is 44.2 Å². The summed E-state index contributed by atoms with van der Waals surface area (Å²) in [4.78, 5) is 27.6. The van der Waals surface area contributed by atoms with E-state index in [2.05, 4.69) is 10.3 Å². The highest BCUT2D eigenvalue weighted by atomic mass is 35.5. The van der Waals surface area contributed by atoms with Gasteiger partial charge in [0.2, 0.25) is 0 Å². The number of aromatic nitrogens is 1. The number of carbonyl (C=O) groups is 2. The molecule has 0 aliphatic heterocycles. The van der Waals surface area contributed by atoms with Crippen molar-refractivity contribution in [2.75, 3.05) is 11.9 Å². The molecule has 0 spiro atoms. The van der Waals surface area contributed by atoms with Gasteiger partial charge in [-0.25, -0.2) is 9.78 Å². The number of nitrogens with one attached hydrogen (secondary N) is 1. The molecule has 1 amide bonds. The molecule has 1 aromatic heterocycles. The second-order valence-electron chi connectivity index (χ2n) is 6.24. The molecular weight excluding hydrogens is 436 g/mol. The molecular formula is C18H15Cl2F3N2O4. The van der Waals surface area contributed by atoms with Crippen molar-refractivity contribution < 1.29 is 32.2 Å². The normalized spacial score (nSPS) is 11.7. The van der Waals surface area contributed by atoms with Crippen LogP contribution in [0.4, 0.5) is 19.0 Å². The first kappa shape index (κ1) is 22.8. The third-order valence-corrected chi connectivity index (χ3v) is 3.98. The van der Waals surface area contributed by atoms with Crippen molar-refractivity contribution in [1.82, 2.24) is 4.98 Å². The van der Waals surface area contributed by atoms with Gasteiger partial charge in [0.1, 0.15) is 5.75 Å². The van der Waals surface area contributed by atoms with E-state index in [4.69, 9.17) is 32.7 Å². The van der Waals surface area contributed by atoms with Crippen molar-refractivity contribution in [3.63, 3.8) is 0 Å². The van der Waals surface area contributed by atoms with Crippen molar-refractivity contribution in [2.24, 2.45) is 0 Å². The van der Waals surface area contributed by atoms with Gasteiger partial charge in [0.15, 0.2) is 18.0 Å². The summed E-state index contributed by atoms with van der Waals surface area (Å²) in [6, 6.07) is 6.89. The minimum atomic E-state index is -4.62. The first-order valence-electron chi connectivity index (χ1n) is 8.03. The quantitative estimate of drug-likeness (QED) is 0.642. The van der Waals surface area contributed by atoms with Crippen molar-refractivity contribution in [3.8, 4) is 5.75 Å². The van der Waals surface area contributed by atoms with Gasteiger partial charge in [-0.1, -0.05) is 23.2 Å². The maximum atomic E-state index is 12.6. The highest BCUT2D eigenvalue weighted by Crippen LogP contribution is 2.32. The number of benzene rings is 1. The minimum absolute atomic E-state index is 0.294. The Labute approximate surface area is 173 Å². The van der Waals surface area contributed by atoms with Gasteiger partial charge in [-0.3, -0.25) is 4.79 Å². The van der Waals surface area contributed by atoms with Gasteiger partial charge < -0.3 is 14.8 Å². The third kappa shape index (κ3) is 6.50. The molecule has 29 heavy (non-hydrogen) atoms. The van der Waals surface area contributed by atoms with E-state index in [-0.39, 0.29) is 5.82 Å². The van der Waals surface area contributed by atoms with Crippen LogP contribution in [0.1, 0.15) is 19.4 Å². The Kier molecular flexibility index (Phi) is 6.97. The van der Waals surface area contributed by atoms with Crippen molar-refractivity contribution in [3.05, 3.63) is 52.1 Å². The topological polar surface area (TPSA) is 77.5 Å². The predicted octanol–water partition coefficient (Wildman–Crippen LogP) is 4.75. The Morgan fingerprint density at radius 3 is 2.31 bits per heavy atom. The Bertz CT molecular complexity index is 903. The summed E-state index contributed by atoms with van der Waals surface area (Å²) >= 11 is 11.5. The summed E-state index contributed by atoms with van der Waals surface area (Å²) < 4.78 is 48.2. The Morgan fingerprint density at radius 1 is 1.14 bits per heavy atom. The summed E-state index contributed by atoms with van der Waals surface area (Å²) in [5.41, 5.74) is -2.48. The van der Waals surface area contributed by atoms with Crippen LogP contribution in [0.15, 0.2) is 36.5 Å². The van der Waals surface area contributed by atoms with Gasteiger partial charge in [-0.15, -0.1) is 0 Å². The number of pyridine rings is 1. The van der Waals surface area contributed by atoms with E-state index in [9.17, 15) is 22.8 Å². The average Bonchev–Trinajstić information content (AvgIpc) is 2.62. The molecule has 2 aromatic rings. The number of hydrogen-bond acceptors (Lipinski definition) is 5. The van der Waals surface area contributed by atoms with Gasteiger partial charge in [0.05, 0.1) is 10.6 Å². The molecule has 11 heteroatoms. The number of halogens is 5. The lowest BCUT2D eigenvalue weighted by molar-refractivity contribution is -0.161. The molecule has 0 aliphatic carbocycles. The number of esters is 1. The number of hydrogen-bond donors (Lipinski definition) is 1. The average molecular weight is 451 g/mol. The Hall–Kier alpha value is -2.52. The summed E-state index contributed by atoms with van der Waals surface area (Å²) in [6.45, 7) is 2.16. The summed E-state index contributed by atoms with van der Waals surface area (Å²) in [5.74, 6) is -1.61. The number of ether oxygens (including phenoxy) is 2. The summed E-state index contributed by atoms with van der Waals surface area (Å²) in [7, 11) is 0. The van der Waals surface area contributed by atoms with Gasteiger partial charge in [0.25, 0.3) is 5.91 Å². The van der Waals surface area contributed by atoms with Gasteiger partial charge in [-0.2, -0.15) is 13.2 Å². The van der Waals surface area contributed by atoms with Crippen LogP contribution in [0.25, 0.3) is 0 Å². The number of amides is 1. The molecule has 0 fully saturated rings. The molecule has 0 aliphatic rings. The highest BCUT2D eigenvalue weighted by Gasteiger charge is 2.33. The fourth-order valence-electron chi connectivity index (χ4n) is 2.00. The second-order valence-corrected chi connectivity index (χ2v) is 7.09. The molecule has 6 nitrogen and oxygen atoms in total. The van der Waals surface area contributed by atoms with Crippen LogP contribution in [-0.4, -0.2) is 29.1 Å². The lowest BCUT2D eigenvalue weighted by Gasteiger charge is -2.24. The lowest BCUT2D eigenvalue weighted by atomic mass is 10.1. The van der Waals surface area contributed by atoms with E-state index in [1.54, 1.807) is 24.3 Å².